The molecule has 1 aromatic rings. The molecule has 3 rings (SSSR count). The van der Waals surface area contributed by atoms with Gasteiger partial charge in [-0.3, -0.25) is 4.79 Å². The average Bonchev–Trinajstić information content (AvgIpc) is 2.62. The molecule has 0 radical (unpaired) electrons. The second-order valence-electron chi connectivity index (χ2n) is 6.86. The van der Waals surface area contributed by atoms with Crippen LogP contribution >= 0.6 is 0 Å². The maximum Gasteiger partial charge on any atom is 0.329 e. The SMILES string of the molecule is COc1cccc2c1OCC(C(=O)NC1(C(=O)O)CCC(C)CC1)=C2. The first-order chi connectivity index (χ1) is 11.9. The van der Waals surface area contributed by atoms with Gasteiger partial charge < -0.3 is 19.9 Å². The van der Waals surface area contributed by atoms with Crippen LogP contribution in [-0.4, -0.2) is 36.2 Å². The third-order valence-corrected chi connectivity index (χ3v) is 5.11. The highest BCUT2D eigenvalue weighted by atomic mass is 16.5. The lowest BCUT2D eigenvalue weighted by Crippen LogP contribution is -2.56. The van der Waals surface area contributed by atoms with Gasteiger partial charge in [0.1, 0.15) is 12.1 Å². The number of nitrogens with one attached hydrogen (secondary N) is 1. The molecule has 25 heavy (non-hydrogen) atoms. The van der Waals surface area contributed by atoms with Gasteiger partial charge in [0.2, 0.25) is 0 Å². The van der Waals surface area contributed by atoms with Gasteiger partial charge in [0, 0.05) is 5.56 Å². The second-order valence-corrected chi connectivity index (χ2v) is 6.86. The smallest absolute Gasteiger partial charge is 0.329 e. The molecule has 2 N–H and O–H groups in total. The molecule has 0 atom stereocenters. The minimum absolute atomic E-state index is 0.0886. The number of benzene rings is 1. The number of methoxy groups -OCH3 is 1. The van der Waals surface area contributed by atoms with Crippen molar-refractivity contribution in [3.05, 3.63) is 29.3 Å². The summed E-state index contributed by atoms with van der Waals surface area (Å²) in [6.07, 6.45) is 4.23. The average molecular weight is 345 g/mol. The zero-order valence-electron chi connectivity index (χ0n) is 14.5. The van der Waals surface area contributed by atoms with Crippen LogP contribution in [-0.2, 0) is 9.59 Å². The van der Waals surface area contributed by atoms with Gasteiger partial charge >= 0.3 is 5.97 Å². The van der Waals surface area contributed by atoms with E-state index in [4.69, 9.17) is 9.47 Å². The van der Waals surface area contributed by atoms with Crippen molar-refractivity contribution in [1.29, 1.82) is 0 Å². The molecule has 6 nitrogen and oxygen atoms in total. The molecule has 1 amide bonds. The van der Waals surface area contributed by atoms with E-state index in [0.717, 1.165) is 18.4 Å². The summed E-state index contributed by atoms with van der Waals surface area (Å²) in [6, 6.07) is 5.44. The number of carboxylic acid groups (broad SMARTS) is 1. The second kappa shape index (κ2) is 6.78. The Kier molecular flexibility index (Phi) is 4.70. The summed E-state index contributed by atoms with van der Waals surface area (Å²) < 4.78 is 10.9. The van der Waals surface area contributed by atoms with Crippen molar-refractivity contribution < 1.29 is 24.2 Å². The molecular formula is C19H23NO5. The van der Waals surface area contributed by atoms with Gasteiger partial charge in [-0.1, -0.05) is 19.1 Å². The number of fused-ring (bicyclic) bond motifs is 1. The highest BCUT2D eigenvalue weighted by molar-refractivity contribution is 6.01. The maximum absolute atomic E-state index is 12.7. The third-order valence-electron chi connectivity index (χ3n) is 5.11. The zero-order chi connectivity index (χ0) is 18.0. The Morgan fingerprint density at radius 3 is 2.68 bits per heavy atom. The summed E-state index contributed by atoms with van der Waals surface area (Å²) in [5, 5.41) is 12.4. The maximum atomic E-state index is 12.7. The predicted octanol–water partition coefficient (Wildman–Crippen LogP) is 2.62. The zero-order valence-corrected chi connectivity index (χ0v) is 14.5. The van der Waals surface area contributed by atoms with Crippen molar-refractivity contribution >= 4 is 18.0 Å². The van der Waals surface area contributed by atoms with Crippen molar-refractivity contribution in [3.8, 4) is 11.5 Å². The lowest BCUT2D eigenvalue weighted by Gasteiger charge is -2.36. The number of amides is 1. The number of rotatable bonds is 4. The Labute approximate surface area is 146 Å². The monoisotopic (exact) mass is 345 g/mol. The van der Waals surface area contributed by atoms with E-state index in [1.807, 2.05) is 12.1 Å². The molecule has 0 unspecified atom stereocenters. The van der Waals surface area contributed by atoms with E-state index in [2.05, 4.69) is 12.2 Å². The highest BCUT2D eigenvalue weighted by Gasteiger charge is 2.43. The molecule has 0 aromatic heterocycles. The van der Waals surface area contributed by atoms with Gasteiger partial charge in [0.25, 0.3) is 5.91 Å². The third kappa shape index (κ3) is 3.34. The fraction of sp³-hybridized carbons (Fsp3) is 0.474. The molecule has 1 heterocycles. The van der Waals surface area contributed by atoms with Crippen LogP contribution in [0, 0.1) is 5.92 Å². The Hall–Kier alpha value is -2.50. The summed E-state index contributed by atoms with van der Waals surface area (Å²) in [5.41, 5.74) is -0.0172. The minimum Gasteiger partial charge on any atom is -0.493 e. The molecule has 1 aliphatic carbocycles. The summed E-state index contributed by atoms with van der Waals surface area (Å²) >= 11 is 0. The van der Waals surface area contributed by atoms with Crippen LogP contribution in [0.5, 0.6) is 11.5 Å². The summed E-state index contributed by atoms with van der Waals surface area (Å²) in [4.78, 5) is 24.5. The molecule has 1 fully saturated rings. The lowest BCUT2D eigenvalue weighted by molar-refractivity contribution is -0.149. The van der Waals surface area contributed by atoms with Crippen LogP contribution in [0.15, 0.2) is 23.8 Å². The Balaban J connectivity index is 1.81. The fourth-order valence-corrected chi connectivity index (χ4v) is 3.42. The number of ether oxygens (including phenoxy) is 2. The summed E-state index contributed by atoms with van der Waals surface area (Å²) in [6.45, 7) is 2.20. The van der Waals surface area contributed by atoms with Crippen molar-refractivity contribution in [2.24, 2.45) is 5.92 Å². The van der Waals surface area contributed by atoms with E-state index in [9.17, 15) is 14.7 Å². The number of carboxylic acids is 1. The first-order valence-electron chi connectivity index (χ1n) is 8.51. The van der Waals surface area contributed by atoms with Gasteiger partial charge in [-0.2, -0.15) is 0 Å². The van der Waals surface area contributed by atoms with Crippen LogP contribution in [0.2, 0.25) is 0 Å². The highest BCUT2D eigenvalue weighted by Crippen LogP contribution is 2.36. The number of carbonyl (C=O) groups excluding carboxylic acids is 1. The molecule has 1 saturated carbocycles. The molecule has 1 aliphatic heterocycles. The van der Waals surface area contributed by atoms with E-state index in [1.54, 1.807) is 19.3 Å². The Bertz CT molecular complexity index is 717. The molecular weight excluding hydrogens is 322 g/mol. The van der Waals surface area contributed by atoms with Crippen LogP contribution < -0.4 is 14.8 Å². The van der Waals surface area contributed by atoms with E-state index < -0.39 is 11.5 Å². The van der Waals surface area contributed by atoms with E-state index >= 15 is 0 Å². The summed E-state index contributed by atoms with van der Waals surface area (Å²) in [5.74, 6) is 0.344. The van der Waals surface area contributed by atoms with E-state index in [-0.39, 0.29) is 12.5 Å². The number of hydrogen-bond acceptors (Lipinski definition) is 4. The van der Waals surface area contributed by atoms with Crippen molar-refractivity contribution in [2.75, 3.05) is 13.7 Å². The normalized spacial score (nSPS) is 25.2. The Morgan fingerprint density at radius 2 is 2.04 bits per heavy atom. The predicted molar refractivity (Wildman–Crippen MR) is 92.6 cm³/mol. The molecule has 6 heteroatoms. The number of hydrogen-bond donors (Lipinski definition) is 2. The molecule has 2 aliphatic rings. The van der Waals surface area contributed by atoms with Gasteiger partial charge in [-0.25, -0.2) is 4.79 Å². The molecule has 1 aromatic carbocycles. The topological polar surface area (TPSA) is 84.9 Å². The van der Waals surface area contributed by atoms with Crippen LogP contribution in [0.4, 0.5) is 0 Å². The quantitative estimate of drug-likeness (QED) is 0.876. The Morgan fingerprint density at radius 1 is 1.32 bits per heavy atom. The molecule has 0 bridgehead atoms. The minimum atomic E-state index is -1.18. The molecule has 134 valence electrons. The van der Waals surface area contributed by atoms with Gasteiger partial charge in [-0.05, 0) is 43.7 Å². The van der Waals surface area contributed by atoms with E-state index in [1.165, 1.54) is 0 Å². The van der Waals surface area contributed by atoms with Crippen LogP contribution in [0.1, 0.15) is 38.2 Å². The van der Waals surface area contributed by atoms with Crippen LogP contribution in [0.3, 0.4) is 0 Å². The van der Waals surface area contributed by atoms with E-state index in [0.29, 0.717) is 35.8 Å². The number of para-hydroxylation sites is 1. The van der Waals surface area contributed by atoms with Gasteiger partial charge in [0.15, 0.2) is 11.5 Å². The molecule has 0 saturated heterocycles. The van der Waals surface area contributed by atoms with Crippen LogP contribution in [0.25, 0.3) is 6.08 Å². The molecule has 0 spiro atoms. The van der Waals surface area contributed by atoms with Crippen molar-refractivity contribution in [1.82, 2.24) is 5.32 Å². The standard InChI is InChI=1S/C19H23NO5/c1-12-6-8-19(9-7-12,18(22)23)20-17(21)14-10-13-4-3-5-15(24-2)16(13)25-11-14/h3-5,10,12H,6-9,11H2,1-2H3,(H,20,21)(H,22,23). The lowest BCUT2D eigenvalue weighted by atomic mass is 9.77. The fourth-order valence-electron chi connectivity index (χ4n) is 3.42. The van der Waals surface area contributed by atoms with Crippen molar-refractivity contribution in [2.45, 2.75) is 38.1 Å². The number of aliphatic carboxylic acids is 1. The summed E-state index contributed by atoms with van der Waals surface area (Å²) in [7, 11) is 1.56. The van der Waals surface area contributed by atoms with Crippen molar-refractivity contribution in [3.63, 3.8) is 0 Å². The first kappa shape index (κ1) is 17.3. The number of carbonyl (C=O) groups is 2. The van der Waals surface area contributed by atoms with Gasteiger partial charge in [0.05, 0.1) is 12.7 Å². The van der Waals surface area contributed by atoms with Gasteiger partial charge in [-0.15, -0.1) is 0 Å². The first-order valence-corrected chi connectivity index (χ1v) is 8.51. The largest absolute Gasteiger partial charge is 0.493 e.